The molecule has 2 N–H and O–H groups in total. The van der Waals surface area contributed by atoms with Crippen molar-refractivity contribution in [1.29, 1.82) is 0 Å². The molecule has 0 unspecified atom stereocenters. The van der Waals surface area contributed by atoms with E-state index in [1.54, 1.807) is 14.2 Å². The van der Waals surface area contributed by atoms with Gasteiger partial charge in [0.05, 0.1) is 14.2 Å². The van der Waals surface area contributed by atoms with Gasteiger partial charge >= 0.3 is 0 Å². The number of hydrogen-bond donors (Lipinski definition) is 1. The van der Waals surface area contributed by atoms with Gasteiger partial charge in [0.15, 0.2) is 11.5 Å². The van der Waals surface area contributed by atoms with E-state index < -0.39 is 0 Å². The van der Waals surface area contributed by atoms with Crippen LogP contribution in [0.2, 0.25) is 0 Å². The summed E-state index contributed by atoms with van der Waals surface area (Å²) in [5, 5.41) is 0. The van der Waals surface area contributed by atoms with Crippen molar-refractivity contribution >= 4 is 5.69 Å². The summed E-state index contributed by atoms with van der Waals surface area (Å²) in [7, 11) is 3.31. The largest absolute Gasteiger partial charge is 0.493 e. The quantitative estimate of drug-likeness (QED) is 0.568. The Kier molecular flexibility index (Phi) is 6.54. The van der Waals surface area contributed by atoms with E-state index in [-0.39, 0.29) is 0 Å². The first-order chi connectivity index (χ1) is 9.15. The van der Waals surface area contributed by atoms with Gasteiger partial charge in [0.25, 0.3) is 0 Å². The third-order valence-corrected chi connectivity index (χ3v) is 3.61. The molecule has 0 heterocycles. The van der Waals surface area contributed by atoms with Crippen molar-refractivity contribution in [3.63, 3.8) is 0 Å². The molecule has 19 heavy (non-hydrogen) atoms. The molecule has 0 bridgehead atoms. The van der Waals surface area contributed by atoms with Gasteiger partial charge in [-0.3, -0.25) is 0 Å². The second-order valence-electron chi connectivity index (χ2n) is 4.97. The number of benzene rings is 1. The van der Waals surface area contributed by atoms with E-state index >= 15 is 0 Å². The lowest BCUT2D eigenvalue weighted by Crippen LogP contribution is -2.03. The highest BCUT2D eigenvalue weighted by atomic mass is 16.5. The van der Waals surface area contributed by atoms with E-state index in [9.17, 15) is 0 Å². The molecule has 3 nitrogen and oxygen atoms in total. The zero-order valence-corrected chi connectivity index (χ0v) is 12.7. The van der Waals surface area contributed by atoms with Crippen LogP contribution in [0.5, 0.6) is 11.5 Å². The Morgan fingerprint density at radius 3 is 2.32 bits per heavy atom. The van der Waals surface area contributed by atoms with E-state index in [1.807, 2.05) is 6.07 Å². The lowest BCUT2D eigenvalue weighted by atomic mass is 9.98. The number of nitrogens with two attached hydrogens (primary N) is 1. The van der Waals surface area contributed by atoms with Crippen LogP contribution in [-0.2, 0) is 6.42 Å². The minimum Gasteiger partial charge on any atom is -0.493 e. The highest BCUT2D eigenvalue weighted by Gasteiger charge is 2.14. The number of anilines is 1. The van der Waals surface area contributed by atoms with Crippen LogP contribution in [0.4, 0.5) is 5.69 Å². The van der Waals surface area contributed by atoms with E-state index in [2.05, 4.69) is 13.8 Å². The number of unbranched alkanes of at least 4 members (excludes halogenated alkanes) is 4. The summed E-state index contributed by atoms with van der Waals surface area (Å²) in [5.41, 5.74) is 9.25. The topological polar surface area (TPSA) is 44.5 Å². The highest BCUT2D eigenvalue weighted by Crippen LogP contribution is 2.37. The maximum Gasteiger partial charge on any atom is 0.164 e. The molecule has 0 aliphatic rings. The standard InChI is InChI=1S/C16H27NO2/c1-5-6-7-8-9-10-13-12(2)16(19-4)15(18-3)11-14(13)17/h11H,5-10,17H2,1-4H3. The number of rotatable bonds is 8. The number of nitrogen functional groups attached to an aromatic ring is 1. The molecule has 1 aromatic rings. The second kappa shape index (κ2) is 7.93. The maximum absolute atomic E-state index is 6.13. The van der Waals surface area contributed by atoms with E-state index in [1.165, 1.54) is 37.7 Å². The third-order valence-electron chi connectivity index (χ3n) is 3.61. The summed E-state index contributed by atoms with van der Waals surface area (Å²) in [6.45, 7) is 4.29. The number of hydrogen-bond acceptors (Lipinski definition) is 3. The lowest BCUT2D eigenvalue weighted by Gasteiger charge is -2.16. The molecule has 0 saturated heterocycles. The molecule has 0 atom stereocenters. The Hall–Kier alpha value is -1.38. The molecule has 0 spiro atoms. The Labute approximate surface area is 117 Å². The molecular weight excluding hydrogens is 238 g/mol. The van der Waals surface area contributed by atoms with Gasteiger partial charge in [-0.15, -0.1) is 0 Å². The predicted octanol–water partition coefficient (Wildman–Crippen LogP) is 4.11. The molecule has 0 aliphatic heterocycles. The van der Waals surface area contributed by atoms with Crippen molar-refractivity contribution < 1.29 is 9.47 Å². The van der Waals surface area contributed by atoms with E-state index in [4.69, 9.17) is 15.2 Å². The van der Waals surface area contributed by atoms with Gasteiger partial charge in [0.2, 0.25) is 0 Å². The van der Waals surface area contributed by atoms with Gasteiger partial charge < -0.3 is 15.2 Å². The summed E-state index contributed by atoms with van der Waals surface area (Å²) < 4.78 is 10.7. The van der Waals surface area contributed by atoms with Crippen LogP contribution in [0, 0.1) is 6.92 Å². The molecule has 108 valence electrons. The summed E-state index contributed by atoms with van der Waals surface area (Å²) in [6.07, 6.45) is 7.37. The minimum absolute atomic E-state index is 0.715. The Bertz CT molecular complexity index is 402. The normalized spacial score (nSPS) is 10.5. The Balaban J connectivity index is 2.77. The molecule has 0 amide bonds. The summed E-state index contributed by atoms with van der Waals surface area (Å²) >= 11 is 0. The van der Waals surface area contributed by atoms with E-state index in [0.29, 0.717) is 5.75 Å². The zero-order valence-electron chi connectivity index (χ0n) is 12.7. The number of ether oxygens (including phenoxy) is 2. The molecule has 0 aliphatic carbocycles. The molecule has 1 aromatic carbocycles. The van der Waals surface area contributed by atoms with Crippen molar-refractivity contribution in [3.8, 4) is 11.5 Å². The monoisotopic (exact) mass is 265 g/mol. The van der Waals surface area contributed by atoms with Gasteiger partial charge in [0.1, 0.15) is 0 Å². The third kappa shape index (κ3) is 4.05. The number of methoxy groups -OCH3 is 2. The average molecular weight is 265 g/mol. The van der Waals surface area contributed by atoms with Crippen molar-refractivity contribution in [2.75, 3.05) is 20.0 Å². The maximum atomic E-state index is 6.13. The molecule has 0 fully saturated rings. The summed E-state index contributed by atoms with van der Waals surface area (Å²) in [6, 6.07) is 1.87. The summed E-state index contributed by atoms with van der Waals surface area (Å²) in [4.78, 5) is 0. The minimum atomic E-state index is 0.715. The van der Waals surface area contributed by atoms with Crippen molar-refractivity contribution in [2.45, 2.75) is 52.4 Å². The van der Waals surface area contributed by atoms with Crippen LogP contribution in [0.3, 0.4) is 0 Å². The first kappa shape index (κ1) is 15.7. The van der Waals surface area contributed by atoms with Crippen molar-refractivity contribution in [2.24, 2.45) is 0 Å². The van der Waals surface area contributed by atoms with Gasteiger partial charge in [-0.05, 0) is 25.3 Å². The molecule has 3 heteroatoms. The van der Waals surface area contributed by atoms with Gasteiger partial charge in [0, 0.05) is 17.3 Å². The molecule has 0 saturated carbocycles. The van der Waals surface area contributed by atoms with E-state index in [0.717, 1.165) is 23.4 Å². The van der Waals surface area contributed by atoms with Crippen molar-refractivity contribution in [3.05, 3.63) is 17.2 Å². The van der Waals surface area contributed by atoms with Crippen LogP contribution >= 0.6 is 0 Å². The first-order valence-electron chi connectivity index (χ1n) is 7.15. The van der Waals surface area contributed by atoms with Crippen LogP contribution in [0.1, 0.15) is 50.2 Å². The van der Waals surface area contributed by atoms with Crippen LogP contribution in [0.25, 0.3) is 0 Å². The fraction of sp³-hybridized carbons (Fsp3) is 0.625. The molecule has 0 radical (unpaired) electrons. The summed E-state index contributed by atoms with van der Waals surface area (Å²) in [5.74, 6) is 1.52. The Morgan fingerprint density at radius 2 is 1.74 bits per heavy atom. The average Bonchev–Trinajstić information content (AvgIpc) is 2.41. The molecular formula is C16H27NO2. The SMILES string of the molecule is CCCCCCCc1c(N)cc(OC)c(OC)c1C. The molecule has 0 aromatic heterocycles. The molecule has 1 rings (SSSR count). The smallest absolute Gasteiger partial charge is 0.164 e. The second-order valence-corrected chi connectivity index (χ2v) is 4.97. The van der Waals surface area contributed by atoms with Crippen molar-refractivity contribution in [1.82, 2.24) is 0 Å². The van der Waals surface area contributed by atoms with Gasteiger partial charge in [-0.1, -0.05) is 32.6 Å². The van der Waals surface area contributed by atoms with Crippen LogP contribution < -0.4 is 15.2 Å². The first-order valence-corrected chi connectivity index (χ1v) is 7.15. The van der Waals surface area contributed by atoms with Crippen LogP contribution in [-0.4, -0.2) is 14.2 Å². The van der Waals surface area contributed by atoms with Gasteiger partial charge in [-0.2, -0.15) is 0 Å². The zero-order chi connectivity index (χ0) is 14.3. The Morgan fingerprint density at radius 1 is 1.05 bits per heavy atom. The fourth-order valence-electron chi connectivity index (χ4n) is 2.47. The predicted molar refractivity (Wildman–Crippen MR) is 81.2 cm³/mol. The lowest BCUT2D eigenvalue weighted by molar-refractivity contribution is 0.352. The fourth-order valence-corrected chi connectivity index (χ4v) is 2.47. The van der Waals surface area contributed by atoms with Gasteiger partial charge in [-0.25, -0.2) is 0 Å². The van der Waals surface area contributed by atoms with Crippen LogP contribution in [0.15, 0.2) is 6.07 Å². The highest BCUT2D eigenvalue weighted by molar-refractivity contribution is 5.62.